The molecule has 1 unspecified atom stereocenters. The molecule has 1 aliphatic carbocycles. The second-order valence-corrected chi connectivity index (χ2v) is 6.07. The van der Waals surface area contributed by atoms with Crippen LogP contribution in [0.4, 0.5) is 0 Å². The van der Waals surface area contributed by atoms with Crippen molar-refractivity contribution in [2.45, 2.75) is 31.6 Å². The van der Waals surface area contributed by atoms with E-state index in [0.29, 0.717) is 18.8 Å². The van der Waals surface area contributed by atoms with Crippen LogP contribution in [0.5, 0.6) is 0 Å². The van der Waals surface area contributed by atoms with Gasteiger partial charge in [-0.3, -0.25) is 4.79 Å². The quantitative estimate of drug-likeness (QED) is 0.386. The van der Waals surface area contributed by atoms with Crippen molar-refractivity contribution in [2.24, 2.45) is 16.3 Å². The van der Waals surface area contributed by atoms with Gasteiger partial charge in [0.25, 0.3) is 0 Å². The van der Waals surface area contributed by atoms with Gasteiger partial charge < -0.3 is 15.8 Å². The molecular formula is C16H21N3O2. The molecule has 5 heteroatoms. The molecule has 0 aromatic heterocycles. The Kier molecular flexibility index (Phi) is 3.57. The van der Waals surface area contributed by atoms with Crippen LogP contribution >= 0.6 is 0 Å². The Hall–Kier alpha value is -2.04. The van der Waals surface area contributed by atoms with Crippen molar-refractivity contribution in [3.8, 4) is 0 Å². The summed E-state index contributed by atoms with van der Waals surface area (Å²) in [5, 5.41) is 12.0. The molecule has 1 heterocycles. The maximum Gasteiger partial charge on any atom is 0.236 e. The molecule has 0 spiro atoms. The van der Waals surface area contributed by atoms with Crippen LogP contribution in [-0.4, -0.2) is 34.9 Å². The predicted molar refractivity (Wildman–Crippen MR) is 80.1 cm³/mol. The van der Waals surface area contributed by atoms with E-state index in [1.165, 1.54) is 5.56 Å². The van der Waals surface area contributed by atoms with Crippen LogP contribution in [0.1, 0.15) is 37.2 Å². The Morgan fingerprint density at radius 1 is 1.33 bits per heavy atom. The van der Waals surface area contributed by atoms with Crippen LogP contribution in [-0.2, 0) is 4.79 Å². The minimum Gasteiger partial charge on any atom is -0.409 e. The summed E-state index contributed by atoms with van der Waals surface area (Å²) in [5.74, 6) is 0.490. The number of likely N-dealkylation sites (tertiary alicyclic amines) is 1. The van der Waals surface area contributed by atoms with Gasteiger partial charge in [0.15, 0.2) is 5.84 Å². The van der Waals surface area contributed by atoms with E-state index in [1.54, 1.807) is 0 Å². The molecule has 1 saturated carbocycles. The van der Waals surface area contributed by atoms with Gasteiger partial charge in [-0.2, -0.15) is 0 Å². The number of amides is 1. The maximum absolute atomic E-state index is 12.8. The first kappa shape index (κ1) is 13.9. The zero-order valence-electron chi connectivity index (χ0n) is 12.0. The zero-order valence-corrected chi connectivity index (χ0v) is 12.0. The number of rotatable bonds is 3. The third-order valence-electron chi connectivity index (χ3n) is 4.96. The molecule has 0 bridgehead atoms. The molecule has 1 amide bonds. The van der Waals surface area contributed by atoms with Crippen LogP contribution in [0.2, 0.25) is 0 Å². The summed E-state index contributed by atoms with van der Waals surface area (Å²) in [4.78, 5) is 14.7. The molecular weight excluding hydrogens is 266 g/mol. The van der Waals surface area contributed by atoms with Gasteiger partial charge in [0.1, 0.15) is 5.41 Å². The lowest BCUT2D eigenvalue weighted by molar-refractivity contribution is -0.141. The van der Waals surface area contributed by atoms with Gasteiger partial charge in [0.05, 0.1) is 0 Å². The fourth-order valence-electron chi connectivity index (χ4n) is 3.45. The Labute approximate surface area is 124 Å². The Balaban J connectivity index is 1.73. The number of carbonyl (C=O) groups excluding carboxylic acids is 1. The van der Waals surface area contributed by atoms with Gasteiger partial charge in [-0.1, -0.05) is 41.9 Å². The van der Waals surface area contributed by atoms with Crippen LogP contribution in [0.25, 0.3) is 0 Å². The minimum atomic E-state index is -0.750. The van der Waals surface area contributed by atoms with Crippen molar-refractivity contribution >= 4 is 11.7 Å². The minimum absolute atomic E-state index is 0.0301. The molecule has 5 nitrogen and oxygen atoms in total. The highest BCUT2D eigenvalue weighted by Crippen LogP contribution is 2.44. The van der Waals surface area contributed by atoms with Gasteiger partial charge in [-0.05, 0) is 24.8 Å². The molecule has 0 radical (unpaired) electrons. The lowest BCUT2D eigenvalue weighted by Gasteiger charge is -2.41. The fraction of sp³-hybridized carbons (Fsp3) is 0.500. The standard InChI is InChI=1S/C16H21N3O2/c17-14(18-21)16(8-4-9-16)15(20)19-10-7-13(11-19)12-5-2-1-3-6-12/h1-3,5-6,13,21H,4,7-11H2,(H2,17,18). The van der Waals surface area contributed by atoms with E-state index >= 15 is 0 Å². The molecule has 3 N–H and O–H groups in total. The normalized spacial score (nSPS) is 24.7. The largest absolute Gasteiger partial charge is 0.409 e. The van der Waals surface area contributed by atoms with E-state index in [9.17, 15) is 4.79 Å². The third-order valence-corrected chi connectivity index (χ3v) is 4.96. The van der Waals surface area contributed by atoms with Gasteiger partial charge in [-0.25, -0.2) is 0 Å². The van der Waals surface area contributed by atoms with E-state index in [4.69, 9.17) is 10.9 Å². The summed E-state index contributed by atoms with van der Waals surface area (Å²) in [6.07, 6.45) is 3.31. The number of nitrogens with zero attached hydrogens (tertiary/aromatic N) is 2. The second-order valence-electron chi connectivity index (χ2n) is 6.07. The molecule has 112 valence electrons. The van der Waals surface area contributed by atoms with Gasteiger partial charge in [-0.15, -0.1) is 0 Å². The lowest BCUT2D eigenvalue weighted by Crippen LogP contribution is -2.54. The van der Waals surface area contributed by atoms with E-state index in [-0.39, 0.29) is 11.7 Å². The average molecular weight is 287 g/mol. The summed E-state index contributed by atoms with van der Waals surface area (Å²) < 4.78 is 0. The first-order chi connectivity index (χ1) is 10.2. The first-order valence-corrected chi connectivity index (χ1v) is 7.50. The van der Waals surface area contributed by atoms with Crippen molar-refractivity contribution in [1.29, 1.82) is 0 Å². The van der Waals surface area contributed by atoms with Crippen LogP contribution in [0, 0.1) is 5.41 Å². The van der Waals surface area contributed by atoms with Crippen molar-refractivity contribution in [1.82, 2.24) is 4.90 Å². The third kappa shape index (κ3) is 2.26. The highest BCUT2D eigenvalue weighted by atomic mass is 16.4. The summed E-state index contributed by atoms with van der Waals surface area (Å²) >= 11 is 0. The number of nitrogens with two attached hydrogens (primary N) is 1. The van der Waals surface area contributed by atoms with Crippen LogP contribution < -0.4 is 5.73 Å². The van der Waals surface area contributed by atoms with Crippen LogP contribution in [0.15, 0.2) is 35.5 Å². The van der Waals surface area contributed by atoms with E-state index in [0.717, 1.165) is 25.9 Å². The van der Waals surface area contributed by atoms with Crippen molar-refractivity contribution in [2.75, 3.05) is 13.1 Å². The molecule has 1 saturated heterocycles. The SMILES string of the molecule is N/C(=N/O)C1(C(=O)N2CCC(c3ccccc3)C2)CCC1. The van der Waals surface area contributed by atoms with Gasteiger partial charge >= 0.3 is 0 Å². The molecule has 2 fully saturated rings. The molecule has 2 aliphatic rings. The first-order valence-electron chi connectivity index (χ1n) is 7.50. The number of carbonyl (C=O) groups is 1. The summed E-state index contributed by atoms with van der Waals surface area (Å²) in [6, 6.07) is 10.3. The molecule has 1 aromatic rings. The smallest absolute Gasteiger partial charge is 0.236 e. The number of benzene rings is 1. The maximum atomic E-state index is 12.8. The van der Waals surface area contributed by atoms with E-state index in [1.807, 2.05) is 23.1 Å². The predicted octanol–water partition coefficient (Wildman–Crippen LogP) is 1.92. The van der Waals surface area contributed by atoms with Gasteiger partial charge in [0, 0.05) is 19.0 Å². The van der Waals surface area contributed by atoms with Gasteiger partial charge in [0.2, 0.25) is 5.91 Å². The lowest BCUT2D eigenvalue weighted by atomic mass is 9.67. The highest BCUT2D eigenvalue weighted by Gasteiger charge is 2.51. The molecule has 1 aliphatic heterocycles. The zero-order chi connectivity index (χ0) is 14.9. The van der Waals surface area contributed by atoms with E-state index < -0.39 is 5.41 Å². The van der Waals surface area contributed by atoms with Crippen molar-refractivity contribution in [3.63, 3.8) is 0 Å². The highest BCUT2D eigenvalue weighted by molar-refractivity contribution is 6.07. The monoisotopic (exact) mass is 287 g/mol. The van der Waals surface area contributed by atoms with Crippen LogP contribution in [0.3, 0.4) is 0 Å². The number of hydrogen-bond donors (Lipinski definition) is 2. The molecule has 21 heavy (non-hydrogen) atoms. The summed E-state index contributed by atoms with van der Waals surface area (Å²) in [7, 11) is 0. The average Bonchev–Trinajstić information content (AvgIpc) is 2.96. The fourth-order valence-corrected chi connectivity index (χ4v) is 3.45. The number of hydrogen-bond acceptors (Lipinski definition) is 3. The summed E-state index contributed by atoms with van der Waals surface area (Å²) in [6.45, 7) is 1.47. The number of amidine groups is 1. The van der Waals surface area contributed by atoms with Crippen molar-refractivity contribution in [3.05, 3.63) is 35.9 Å². The van der Waals surface area contributed by atoms with Crippen molar-refractivity contribution < 1.29 is 10.0 Å². The Morgan fingerprint density at radius 2 is 2.05 bits per heavy atom. The number of oxime groups is 1. The molecule has 3 rings (SSSR count). The molecule has 1 atom stereocenters. The Bertz CT molecular complexity index is 552. The second kappa shape index (κ2) is 5.39. The van der Waals surface area contributed by atoms with E-state index in [2.05, 4.69) is 17.3 Å². The topological polar surface area (TPSA) is 78.9 Å². The molecule has 1 aromatic carbocycles. The summed E-state index contributed by atoms with van der Waals surface area (Å²) in [5.41, 5.74) is 6.31. The Morgan fingerprint density at radius 3 is 2.62 bits per heavy atom.